The zero-order valence-corrected chi connectivity index (χ0v) is 16.7. The van der Waals surface area contributed by atoms with Crippen LogP contribution in [0.5, 0.6) is 0 Å². The molecule has 1 aliphatic carbocycles. The number of aliphatic hydroxyl groups excluding tert-OH is 1. The molecule has 1 unspecified atom stereocenters. The number of hydrogen-bond acceptors (Lipinski definition) is 1. The molecule has 0 radical (unpaired) electrons. The molecular weight excluding hydrogens is 304 g/mol. The fourth-order valence-corrected chi connectivity index (χ4v) is 4.44. The summed E-state index contributed by atoms with van der Waals surface area (Å²) in [6, 6.07) is 9.28. The number of unbranched alkanes of at least 4 members (excludes halogenated alkanes) is 2. The van der Waals surface area contributed by atoms with E-state index >= 15 is 0 Å². The van der Waals surface area contributed by atoms with E-state index in [4.69, 9.17) is 5.11 Å². The average molecular weight is 345 g/mol. The van der Waals surface area contributed by atoms with Crippen LogP contribution in [0.4, 0.5) is 0 Å². The molecule has 1 nitrogen and oxygen atoms in total. The van der Waals surface area contributed by atoms with E-state index in [1.165, 1.54) is 75.3 Å². The van der Waals surface area contributed by atoms with Gasteiger partial charge in [-0.15, -0.1) is 0 Å². The second kappa shape index (κ2) is 11.7. The molecule has 1 aliphatic rings. The zero-order valence-electron chi connectivity index (χ0n) is 16.7. The summed E-state index contributed by atoms with van der Waals surface area (Å²) in [5.74, 6) is 2.55. The molecule has 1 heteroatoms. The second-order valence-corrected chi connectivity index (χ2v) is 8.43. The number of aliphatic hydroxyl groups is 1. The van der Waals surface area contributed by atoms with E-state index in [1.807, 2.05) is 0 Å². The van der Waals surface area contributed by atoms with Gasteiger partial charge in [-0.2, -0.15) is 0 Å². The molecule has 1 aromatic carbocycles. The molecule has 0 spiro atoms. The first-order valence-corrected chi connectivity index (χ1v) is 10.9. The fourth-order valence-electron chi connectivity index (χ4n) is 4.44. The Morgan fingerprint density at radius 2 is 1.56 bits per heavy atom. The van der Waals surface area contributed by atoms with Gasteiger partial charge in [0.2, 0.25) is 0 Å². The summed E-state index contributed by atoms with van der Waals surface area (Å²) in [6.45, 7) is 4.88. The van der Waals surface area contributed by atoms with Crippen molar-refractivity contribution in [3.63, 3.8) is 0 Å². The summed E-state index contributed by atoms with van der Waals surface area (Å²) >= 11 is 0. The van der Waals surface area contributed by atoms with E-state index in [9.17, 15) is 0 Å². The lowest BCUT2D eigenvalue weighted by Gasteiger charge is -2.28. The number of aryl methyl sites for hydroxylation is 1. The highest BCUT2D eigenvalue weighted by atomic mass is 16.2. The van der Waals surface area contributed by atoms with Gasteiger partial charge in [0.15, 0.2) is 0 Å². The van der Waals surface area contributed by atoms with Crippen LogP contribution >= 0.6 is 0 Å². The molecule has 1 N–H and O–H groups in total. The first-order chi connectivity index (χ1) is 12.2. The Bertz CT molecular complexity index is 442. The molecule has 0 aliphatic heterocycles. The van der Waals surface area contributed by atoms with Crippen LogP contribution in [0.25, 0.3) is 0 Å². The van der Waals surface area contributed by atoms with Crippen molar-refractivity contribution in [1.82, 2.24) is 0 Å². The van der Waals surface area contributed by atoms with Crippen molar-refractivity contribution in [2.75, 3.05) is 6.61 Å². The van der Waals surface area contributed by atoms with Gasteiger partial charge >= 0.3 is 0 Å². The van der Waals surface area contributed by atoms with Gasteiger partial charge in [0.05, 0.1) is 0 Å². The standard InChI is InChI=1S/C24H40O/c1-3-4-5-8-21-9-11-22(12-10-21)13-14-23-15-17-24(18-16-23)20(2)7-6-19-25/h15-18,20-22,25H,3-14,19H2,1-2H3. The van der Waals surface area contributed by atoms with Gasteiger partial charge in [0.1, 0.15) is 0 Å². The minimum absolute atomic E-state index is 0.309. The third kappa shape index (κ3) is 7.52. The molecule has 25 heavy (non-hydrogen) atoms. The van der Waals surface area contributed by atoms with Crippen LogP contribution in [-0.2, 0) is 6.42 Å². The highest BCUT2D eigenvalue weighted by molar-refractivity contribution is 5.25. The van der Waals surface area contributed by atoms with Gasteiger partial charge in [-0.05, 0) is 54.6 Å². The number of benzene rings is 1. The van der Waals surface area contributed by atoms with Crippen molar-refractivity contribution >= 4 is 0 Å². The molecular formula is C24H40O. The largest absolute Gasteiger partial charge is 0.396 e. The molecule has 1 fully saturated rings. The zero-order chi connectivity index (χ0) is 17.9. The summed E-state index contributed by atoms with van der Waals surface area (Å²) < 4.78 is 0. The summed E-state index contributed by atoms with van der Waals surface area (Å²) in [4.78, 5) is 0. The molecule has 0 amide bonds. The minimum atomic E-state index is 0.309. The molecule has 0 heterocycles. The van der Waals surface area contributed by atoms with E-state index in [0.29, 0.717) is 12.5 Å². The Morgan fingerprint density at radius 3 is 2.16 bits per heavy atom. The lowest BCUT2D eigenvalue weighted by Crippen LogP contribution is -2.15. The van der Waals surface area contributed by atoms with Crippen molar-refractivity contribution < 1.29 is 5.11 Å². The lowest BCUT2D eigenvalue weighted by molar-refractivity contribution is 0.249. The molecule has 1 aromatic rings. The van der Waals surface area contributed by atoms with Crippen molar-refractivity contribution in [1.29, 1.82) is 0 Å². The maximum absolute atomic E-state index is 8.97. The van der Waals surface area contributed by atoms with Crippen molar-refractivity contribution in [3.8, 4) is 0 Å². The maximum atomic E-state index is 8.97. The Balaban J connectivity index is 1.66. The maximum Gasteiger partial charge on any atom is 0.0431 e. The van der Waals surface area contributed by atoms with E-state index in [2.05, 4.69) is 38.1 Å². The van der Waals surface area contributed by atoms with E-state index < -0.39 is 0 Å². The predicted molar refractivity (Wildman–Crippen MR) is 109 cm³/mol. The number of rotatable bonds is 11. The van der Waals surface area contributed by atoms with Gasteiger partial charge in [-0.25, -0.2) is 0 Å². The topological polar surface area (TPSA) is 20.2 Å². The Kier molecular flexibility index (Phi) is 9.61. The van der Waals surface area contributed by atoms with Gasteiger partial charge in [-0.3, -0.25) is 0 Å². The fraction of sp³-hybridized carbons (Fsp3) is 0.750. The van der Waals surface area contributed by atoms with Crippen LogP contribution in [0.15, 0.2) is 24.3 Å². The SMILES string of the molecule is CCCCCC1CCC(CCc2ccc(C(C)CCCO)cc2)CC1. The highest BCUT2D eigenvalue weighted by Crippen LogP contribution is 2.34. The molecule has 142 valence electrons. The first kappa shape index (κ1) is 20.5. The van der Waals surface area contributed by atoms with Crippen molar-refractivity contribution in [2.24, 2.45) is 11.8 Å². The monoisotopic (exact) mass is 344 g/mol. The van der Waals surface area contributed by atoms with Gasteiger partial charge < -0.3 is 5.11 Å². The number of hydrogen-bond donors (Lipinski definition) is 1. The summed E-state index contributed by atoms with van der Waals surface area (Å²) in [7, 11) is 0. The third-order valence-corrected chi connectivity index (χ3v) is 6.37. The van der Waals surface area contributed by atoms with Crippen LogP contribution in [0, 0.1) is 11.8 Å². The Morgan fingerprint density at radius 1 is 0.920 bits per heavy atom. The van der Waals surface area contributed by atoms with Crippen LogP contribution in [0.2, 0.25) is 0 Å². The van der Waals surface area contributed by atoms with E-state index in [1.54, 1.807) is 0 Å². The van der Waals surface area contributed by atoms with E-state index in [-0.39, 0.29) is 0 Å². The summed E-state index contributed by atoms with van der Waals surface area (Å²) in [5, 5.41) is 8.97. The van der Waals surface area contributed by atoms with Crippen LogP contribution in [-0.4, -0.2) is 11.7 Å². The summed E-state index contributed by atoms with van der Waals surface area (Å²) in [6.07, 6.45) is 16.2. The van der Waals surface area contributed by atoms with Gasteiger partial charge in [0.25, 0.3) is 0 Å². The second-order valence-electron chi connectivity index (χ2n) is 8.43. The third-order valence-electron chi connectivity index (χ3n) is 6.37. The van der Waals surface area contributed by atoms with Crippen LogP contribution in [0.1, 0.15) is 102 Å². The van der Waals surface area contributed by atoms with Crippen LogP contribution in [0.3, 0.4) is 0 Å². The smallest absolute Gasteiger partial charge is 0.0431 e. The van der Waals surface area contributed by atoms with Gasteiger partial charge in [0, 0.05) is 6.61 Å². The van der Waals surface area contributed by atoms with Crippen molar-refractivity contribution in [2.45, 2.75) is 96.8 Å². The van der Waals surface area contributed by atoms with Crippen LogP contribution < -0.4 is 0 Å². The molecule has 0 aromatic heterocycles. The van der Waals surface area contributed by atoms with Crippen molar-refractivity contribution in [3.05, 3.63) is 35.4 Å². The minimum Gasteiger partial charge on any atom is -0.396 e. The predicted octanol–water partition coefficient (Wildman–Crippen LogP) is 6.88. The molecule has 2 rings (SSSR count). The van der Waals surface area contributed by atoms with Gasteiger partial charge in [-0.1, -0.05) is 89.5 Å². The first-order valence-electron chi connectivity index (χ1n) is 10.9. The quantitative estimate of drug-likeness (QED) is 0.434. The molecule has 0 saturated heterocycles. The Hall–Kier alpha value is -0.820. The Labute approximate surface area is 156 Å². The highest BCUT2D eigenvalue weighted by Gasteiger charge is 2.20. The lowest BCUT2D eigenvalue weighted by atomic mass is 9.77. The summed E-state index contributed by atoms with van der Waals surface area (Å²) in [5.41, 5.74) is 2.92. The molecule has 1 atom stereocenters. The van der Waals surface area contributed by atoms with E-state index in [0.717, 1.165) is 24.7 Å². The normalized spacial score (nSPS) is 22.0. The molecule has 1 saturated carbocycles. The average Bonchev–Trinajstić information content (AvgIpc) is 2.66. The molecule has 0 bridgehead atoms.